The molecule has 1 aliphatic heterocycles. The molecular formula is C21H26N4O3. The average Bonchev–Trinajstić information content (AvgIpc) is 3.15. The van der Waals surface area contributed by atoms with E-state index >= 15 is 0 Å². The van der Waals surface area contributed by atoms with Crippen molar-refractivity contribution in [2.24, 2.45) is 0 Å². The van der Waals surface area contributed by atoms with Crippen LogP contribution in [-0.4, -0.2) is 46.7 Å². The first kappa shape index (κ1) is 19.7. The molecule has 2 heterocycles. The SMILES string of the molecule is COc1ccc(C(=O)Nc2ccnn2C2CCN(C(=O)C=C(C)C)CC2)cc1. The number of ether oxygens (including phenoxy) is 1. The average molecular weight is 382 g/mol. The standard InChI is InChI=1S/C21H26N4O3/c1-15(2)14-20(26)24-12-9-17(10-13-24)25-19(8-11-22-25)23-21(27)16-4-6-18(28-3)7-5-16/h4-8,11,14,17H,9-10,12-13H2,1-3H3,(H,23,27). The van der Waals surface area contributed by atoms with Crippen LogP contribution in [0.4, 0.5) is 5.82 Å². The second-order valence-corrected chi connectivity index (χ2v) is 7.12. The summed E-state index contributed by atoms with van der Waals surface area (Å²) in [7, 11) is 1.59. The van der Waals surface area contributed by atoms with Crippen LogP contribution in [0.2, 0.25) is 0 Å². The molecule has 2 aromatic rings. The Labute approximate surface area is 165 Å². The minimum atomic E-state index is -0.194. The number of carbonyl (C=O) groups is 2. The maximum Gasteiger partial charge on any atom is 0.256 e. The highest BCUT2D eigenvalue weighted by Gasteiger charge is 2.25. The number of allylic oxidation sites excluding steroid dienone is 1. The van der Waals surface area contributed by atoms with Gasteiger partial charge in [0.05, 0.1) is 19.3 Å². The summed E-state index contributed by atoms with van der Waals surface area (Å²) in [5, 5.41) is 7.33. The summed E-state index contributed by atoms with van der Waals surface area (Å²) < 4.78 is 6.97. The van der Waals surface area contributed by atoms with Crippen LogP contribution in [0.5, 0.6) is 5.75 Å². The quantitative estimate of drug-likeness (QED) is 0.805. The molecule has 148 valence electrons. The highest BCUT2D eigenvalue weighted by atomic mass is 16.5. The Bertz CT molecular complexity index is 858. The number of piperidine rings is 1. The van der Waals surface area contributed by atoms with E-state index in [0.717, 1.165) is 18.4 Å². The molecule has 1 N–H and O–H groups in total. The van der Waals surface area contributed by atoms with Gasteiger partial charge in [-0.3, -0.25) is 9.59 Å². The summed E-state index contributed by atoms with van der Waals surface area (Å²) in [6.07, 6.45) is 4.96. The number of anilines is 1. The molecule has 0 bridgehead atoms. The van der Waals surface area contributed by atoms with Crippen LogP contribution in [0.1, 0.15) is 43.1 Å². The molecule has 1 saturated heterocycles. The summed E-state index contributed by atoms with van der Waals surface area (Å²) in [5.41, 5.74) is 1.55. The van der Waals surface area contributed by atoms with Crippen molar-refractivity contribution in [3.63, 3.8) is 0 Å². The number of rotatable bonds is 5. The second kappa shape index (κ2) is 8.73. The smallest absolute Gasteiger partial charge is 0.256 e. The zero-order valence-corrected chi connectivity index (χ0v) is 16.5. The van der Waals surface area contributed by atoms with Gasteiger partial charge in [-0.1, -0.05) is 5.57 Å². The van der Waals surface area contributed by atoms with Gasteiger partial charge in [0.2, 0.25) is 5.91 Å². The fourth-order valence-electron chi connectivity index (χ4n) is 3.30. The van der Waals surface area contributed by atoms with E-state index in [4.69, 9.17) is 4.74 Å². The van der Waals surface area contributed by atoms with E-state index < -0.39 is 0 Å². The minimum absolute atomic E-state index is 0.0620. The third-order valence-corrected chi connectivity index (χ3v) is 4.80. The van der Waals surface area contributed by atoms with E-state index in [9.17, 15) is 9.59 Å². The summed E-state index contributed by atoms with van der Waals surface area (Å²) in [5.74, 6) is 1.23. The van der Waals surface area contributed by atoms with Crippen LogP contribution in [-0.2, 0) is 4.79 Å². The molecule has 1 aromatic heterocycles. The highest BCUT2D eigenvalue weighted by Crippen LogP contribution is 2.26. The summed E-state index contributed by atoms with van der Waals surface area (Å²) in [6, 6.07) is 8.90. The van der Waals surface area contributed by atoms with Crippen molar-refractivity contribution in [3.8, 4) is 5.75 Å². The topological polar surface area (TPSA) is 76.5 Å². The first-order valence-corrected chi connectivity index (χ1v) is 9.40. The van der Waals surface area contributed by atoms with Gasteiger partial charge in [-0.15, -0.1) is 0 Å². The number of aromatic nitrogens is 2. The summed E-state index contributed by atoms with van der Waals surface area (Å²) >= 11 is 0. The van der Waals surface area contributed by atoms with E-state index in [-0.39, 0.29) is 17.9 Å². The monoisotopic (exact) mass is 382 g/mol. The van der Waals surface area contributed by atoms with Gasteiger partial charge in [0.25, 0.3) is 5.91 Å². The van der Waals surface area contributed by atoms with Gasteiger partial charge in [-0.2, -0.15) is 5.10 Å². The largest absolute Gasteiger partial charge is 0.497 e. The van der Waals surface area contributed by atoms with Gasteiger partial charge in [0.15, 0.2) is 0 Å². The van der Waals surface area contributed by atoms with Gasteiger partial charge in [0, 0.05) is 30.8 Å². The van der Waals surface area contributed by atoms with Crippen molar-refractivity contribution in [1.82, 2.24) is 14.7 Å². The van der Waals surface area contributed by atoms with Crippen molar-refractivity contribution in [3.05, 3.63) is 53.7 Å². The first-order valence-electron chi connectivity index (χ1n) is 9.40. The van der Waals surface area contributed by atoms with Crippen LogP contribution in [0.15, 0.2) is 48.2 Å². The normalized spacial score (nSPS) is 14.5. The van der Waals surface area contributed by atoms with Gasteiger partial charge in [-0.05, 0) is 51.0 Å². The lowest BCUT2D eigenvalue weighted by atomic mass is 10.0. The van der Waals surface area contributed by atoms with Gasteiger partial charge in [-0.25, -0.2) is 4.68 Å². The van der Waals surface area contributed by atoms with Crippen molar-refractivity contribution in [1.29, 1.82) is 0 Å². The molecule has 7 nitrogen and oxygen atoms in total. The molecule has 1 aromatic carbocycles. The molecule has 1 fully saturated rings. The number of hydrogen-bond acceptors (Lipinski definition) is 4. The molecule has 0 radical (unpaired) electrons. The Morgan fingerprint density at radius 3 is 2.43 bits per heavy atom. The van der Waals surface area contributed by atoms with Crippen LogP contribution >= 0.6 is 0 Å². The third-order valence-electron chi connectivity index (χ3n) is 4.80. The van der Waals surface area contributed by atoms with Gasteiger partial charge < -0.3 is 15.0 Å². The molecule has 0 saturated carbocycles. The lowest BCUT2D eigenvalue weighted by Gasteiger charge is -2.32. The molecule has 0 unspecified atom stereocenters. The third kappa shape index (κ3) is 4.60. The molecular weight excluding hydrogens is 356 g/mol. The Morgan fingerprint density at radius 1 is 1.14 bits per heavy atom. The van der Waals surface area contributed by atoms with E-state index in [1.807, 2.05) is 23.4 Å². The molecule has 0 spiro atoms. The fourth-order valence-corrected chi connectivity index (χ4v) is 3.30. The van der Waals surface area contributed by atoms with Gasteiger partial charge in [0.1, 0.15) is 11.6 Å². The maximum absolute atomic E-state index is 12.5. The number of methoxy groups -OCH3 is 1. The lowest BCUT2D eigenvalue weighted by molar-refractivity contribution is -0.127. The number of nitrogens with zero attached hydrogens (tertiary/aromatic N) is 3. The van der Waals surface area contributed by atoms with Crippen molar-refractivity contribution in [2.75, 3.05) is 25.5 Å². The van der Waals surface area contributed by atoms with E-state index in [1.54, 1.807) is 49.7 Å². The number of carbonyl (C=O) groups excluding carboxylic acids is 2. The maximum atomic E-state index is 12.5. The van der Waals surface area contributed by atoms with E-state index in [2.05, 4.69) is 10.4 Å². The second-order valence-electron chi connectivity index (χ2n) is 7.12. The van der Waals surface area contributed by atoms with Crippen LogP contribution < -0.4 is 10.1 Å². The lowest BCUT2D eigenvalue weighted by Crippen LogP contribution is -2.38. The number of amides is 2. The Hall–Kier alpha value is -3.09. The van der Waals surface area contributed by atoms with Crippen LogP contribution in [0, 0.1) is 0 Å². The molecule has 7 heteroatoms. The molecule has 0 atom stereocenters. The highest BCUT2D eigenvalue weighted by molar-refractivity contribution is 6.03. The molecule has 0 aliphatic carbocycles. The molecule has 3 rings (SSSR count). The first-order chi connectivity index (χ1) is 13.5. The fraction of sp³-hybridized carbons (Fsp3) is 0.381. The number of benzene rings is 1. The Balaban J connectivity index is 1.63. The number of hydrogen-bond donors (Lipinski definition) is 1. The van der Waals surface area contributed by atoms with Crippen LogP contribution in [0.3, 0.4) is 0 Å². The Morgan fingerprint density at radius 2 is 1.82 bits per heavy atom. The summed E-state index contributed by atoms with van der Waals surface area (Å²) in [4.78, 5) is 26.6. The Kier molecular flexibility index (Phi) is 6.13. The predicted octanol–water partition coefficient (Wildman–Crippen LogP) is 3.27. The van der Waals surface area contributed by atoms with Crippen molar-refractivity contribution in [2.45, 2.75) is 32.7 Å². The zero-order chi connectivity index (χ0) is 20.1. The predicted molar refractivity (Wildman–Crippen MR) is 107 cm³/mol. The van der Waals surface area contributed by atoms with E-state index in [1.165, 1.54) is 0 Å². The van der Waals surface area contributed by atoms with Crippen molar-refractivity contribution < 1.29 is 14.3 Å². The number of likely N-dealkylation sites (tertiary alicyclic amines) is 1. The molecule has 1 aliphatic rings. The van der Waals surface area contributed by atoms with E-state index in [0.29, 0.717) is 30.2 Å². The molecule has 28 heavy (non-hydrogen) atoms. The van der Waals surface area contributed by atoms with Crippen molar-refractivity contribution >= 4 is 17.6 Å². The molecule has 2 amide bonds. The summed E-state index contributed by atoms with van der Waals surface area (Å²) in [6.45, 7) is 5.20. The van der Waals surface area contributed by atoms with Gasteiger partial charge >= 0.3 is 0 Å². The zero-order valence-electron chi connectivity index (χ0n) is 16.5. The number of nitrogens with one attached hydrogen (secondary N) is 1. The van der Waals surface area contributed by atoms with Crippen LogP contribution in [0.25, 0.3) is 0 Å². The minimum Gasteiger partial charge on any atom is -0.497 e.